The summed E-state index contributed by atoms with van der Waals surface area (Å²) in [5.41, 5.74) is 1.34. The number of rotatable bonds is 4. The Kier molecular flexibility index (Phi) is 4.51. The average molecular weight is 281 g/mol. The summed E-state index contributed by atoms with van der Waals surface area (Å²) >= 11 is 1.24. The highest BCUT2D eigenvalue weighted by molar-refractivity contribution is 7.89. The number of thiol groups is 1. The Morgan fingerprint density at radius 1 is 1.00 bits per heavy atom. The van der Waals surface area contributed by atoms with E-state index in [4.69, 9.17) is 0 Å². The van der Waals surface area contributed by atoms with Gasteiger partial charge in [0, 0.05) is 22.5 Å². The van der Waals surface area contributed by atoms with Crippen LogP contribution in [0.2, 0.25) is 0 Å². The number of hydrogen-bond acceptors (Lipinski definition) is 0. The molecule has 0 saturated carbocycles. The van der Waals surface area contributed by atoms with Crippen LogP contribution in [-0.2, 0) is 16.5 Å². The Balaban J connectivity index is 2.47. The van der Waals surface area contributed by atoms with Crippen molar-refractivity contribution in [2.45, 2.75) is 18.6 Å². The predicted octanol–water partition coefficient (Wildman–Crippen LogP) is 3.14. The van der Waals surface area contributed by atoms with E-state index in [9.17, 15) is 0 Å². The first kappa shape index (κ1) is 14.7. The van der Waals surface area contributed by atoms with E-state index in [-0.39, 0.29) is 4.75 Å². The fourth-order valence-corrected chi connectivity index (χ4v) is 3.51. The number of benzene rings is 2. The molecule has 0 heterocycles. The molecule has 0 aliphatic heterocycles. The molecule has 0 bridgehead atoms. The van der Waals surface area contributed by atoms with Crippen molar-refractivity contribution in [2.75, 3.05) is 0 Å². The maximum Gasteiger partial charge on any atom is 0.160 e. The molecule has 0 fully saturated rings. The van der Waals surface area contributed by atoms with Crippen LogP contribution >= 0.6 is 0 Å². The topological polar surface area (TPSA) is 0 Å². The van der Waals surface area contributed by atoms with Crippen LogP contribution in [0.25, 0.3) is 11.5 Å². The summed E-state index contributed by atoms with van der Waals surface area (Å²) in [7, 11) is 0. The molecule has 0 unspecified atom stereocenters. The first-order valence-electron chi connectivity index (χ1n) is 6.74. The van der Waals surface area contributed by atoms with Crippen molar-refractivity contribution in [3.63, 3.8) is 0 Å². The zero-order valence-corrected chi connectivity index (χ0v) is 13.0. The summed E-state index contributed by atoms with van der Waals surface area (Å²) in [6.45, 7) is 12.6. The third-order valence-corrected chi connectivity index (χ3v) is 4.85. The van der Waals surface area contributed by atoms with Crippen molar-refractivity contribution < 1.29 is 0 Å². The van der Waals surface area contributed by atoms with Crippen LogP contribution in [-0.4, -0.2) is 0 Å². The minimum absolute atomic E-state index is 0.0487. The van der Waals surface area contributed by atoms with Crippen LogP contribution in [0.1, 0.15) is 19.4 Å². The fraction of sp³-hybridized carbons (Fsp3) is 0.158. The highest BCUT2D eigenvalue weighted by Gasteiger charge is 2.30. The van der Waals surface area contributed by atoms with Crippen LogP contribution in [0.3, 0.4) is 0 Å². The fourth-order valence-electron chi connectivity index (χ4n) is 2.20. The van der Waals surface area contributed by atoms with E-state index in [0.29, 0.717) is 0 Å². The minimum Gasteiger partial charge on any atom is -0.0941 e. The van der Waals surface area contributed by atoms with Gasteiger partial charge < -0.3 is 0 Å². The van der Waals surface area contributed by atoms with E-state index in [2.05, 4.69) is 69.5 Å². The number of hydrogen-bond donors (Lipinski definition) is 0. The van der Waals surface area contributed by atoms with Gasteiger partial charge in [0.05, 0.1) is 0 Å². The van der Waals surface area contributed by atoms with Gasteiger partial charge in [0.15, 0.2) is 9.65 Å². The van der Waals surface area contributed by atoms with Crippen molar-refractivity contribution in [1.29, 1.82) is 0 Å². The molecule has 0 amide bonds. The molecular formula is C19H21S+. The van der Waals surface area contributed by atoms with Crippen LogP contribution in [0.15, 0.2) is 67.3 Å². The highest BCUT2D eigenvalue weighted by atomic mass is 32.2. The summed E-state index contributed by atoms with van der Waals surface area (Å²) in [6.07, 6.45) is 1.95. The second-order valence-electron chi connectivity index (χ2n) is 5.28. The van der Waals surface area contributed by atoms with E-state index in [1.807, 2.05) is 18.2 Å². The first-order chi connectivity index (χ1) is 9.54. The monoisotopic (exact) mass is 281 g/mol. The van der Waals surface area contributed by atoms with Crippen LogP contribution in [0.4, 0.5) is 0 Å². The van der Waals surface area contributed by atoms with Gasteiger partial charge in [-0.25, -0.2) is 0 Å². The molecule has 2 aromatic carbocycles. The summed E-state index contributed by atoms with van der Waals surface area (Å²) in [4.78, 5) is 1.23. The largest absolute Gasteiger partial charge is 0.160 e. The molecule has 102 valence electrons. The van der Waals surface area contributed by atoms with Crippen LogP contribution < -0.4 is 10.4 Å². The van der Waals surface area contributed by atoms with Gasteiger partial charge >= 0.3 is 0 Å². The second kappa shape index (κ2) is 6.15. The quantitative estimate of drug-likeness (QED) is 0.596. The van der Waals surface area contributed by atoms with Gasteiger partial charge in [-0.05, 0) is 31.2 Å². The molecule has 0 atom stereocenters. The summed E-state index contributed by atoms with van der Waals surface area (Å²) in [5, 5.41) is 2.24. The SMILES string of the molecule is C=C/C([SH+]C(C)(C)c1ccccc1)=c1/ccccc1=C. The van der Waals surface area contributed by atoms with Gasteiger partial charge in [-0.1, -0.05) is 61.7 Å². The minimum atomic E-state index is 0.0487. The zero-order valence-electron chi connectivity index (χ0n) is 12.1. The normalized spacial score (nSPS) is 12.9. The lowest BCUT2D eigenvalue weighted by molar-refractivity contribution is 0.784. The molecule has 0 aromatic heterocycles. The summed E-state index contributed by atoms with van der Waals surface area (Å²) < 4.78 is 0.0487. The molecule has 0 aliphatic rings. The molecule has 0 radical (unpaired) electrons. The molecule has 0 nitrogen and oxygen atoms in total. The Hall–Kier alpha value is -1.73. The smallest absolute Gasteiger partial charge is 0.0941 e. The van der Waals surface area contributed by atoms with E-state index in [1.54, 1.807) is 0 Å². The highest BCUT2D eigenvalue weighted by Crippen LogP contribution is 2.28. The van der Waals surface area contributed by atoms with Crippen LogP contribution in [0, 0.1) is 0 Å². The van der Waals surface area contributed by atoms with E-state index >= 15 is 0 Å². The van der Waals surface area contributed by atoms with Gasteiger partial charge in [-0.15, -0.1) is 0 Å². The lowest BCUT2D eigenvalue weighted by Gasteiger charge is -2.17. The Bertz CT molecular complexity index is 696. The van der Waals surface area contributed by atoms with Crippen molar-refractivity contribution >= 4 is 23.2 Å². The Labute approximate surface area is 125 Å². The van der Waals surface area contributed by atoms with Crippen molar-refractivity contribution in [3.8, 4) is 0 Å². The van der Waals surface area contributed by atoms with Gasteiger partial charge in [-0.3, -0.25) is 0 Å². The third-order valence-electron chi connectivity index (χ3n) is 3.37. The third kappa shape index (κ3) is 3.23. The summed E-state index contributed by atoms with van der Waals surface area (Å²) in [6, 6.07) is 18.8. The molecule has 0 aliphatic carbocycles. The van der Waals surface area contributed by atoms with Gasteiger partial charge in [0.1, 0.15) is 0 Å². The average Bonchev–Trinajstić information content (AvgIpc) is 2.46. The molecule has 1 heteroatoms. The molecule has 0 saturated heterocycles. The van der Waals surface area contributed by atoms with Gasteiger partial charge in [0.2, 0.25) is 0 Å². The van der Waals surface area contributed by atoms with Crippen molar-refractivity contribution in [3.05, 3.63) is 83.3 Å². The van der Waals surface area contributed by atoms with Gasteiger partial charge in [-0.2, -0.15) is 0 Å². The molecule has 2 aromatic rings. The molecular weight excluding hydrogens is 260 g/mol. The molecule has 20 heavy (non-hydrogen) atoms. The lowest BCUT2D eigenvalue weighted by atomic mass is 10.0. The summed E-state index contributed by atoms with van der Waals surface area (Å²) in [5.74, 6) is 0. The molecule has 0 spiro atoms. The second-order valence-corrected chi connectivity index (χ2v) is 7.11. The molecule has 0 N–H and O–H groups in total. The maximum absolute atomic E-state index is 4.12. The van der Waals surface area contributed by atoms with E-state index < -0.39 is 0 Å². The zero-order chi connectivity index (χ0) is 14.6. The Morgan fingerprint density at radius 3 is 2.20 bits per heavy atom. The predicted molar refractivity (Wildman–Crippen MR) is 93.0 cm³/mol. The maximum atomic E-state index is 4.12. The standard InChI is InChI=1S/C19H20S/c1-5-18(17-14-10-9-11-15(17)2)20-19(3,4)16-12-7-6-8-13-16/h5-14H,1-2H2,3-4H3/p+1/b18-17+. The van der Waals surface area contributed by atoms with Crippen molar-refractivity contribution in [2.24, 2.45) is 0 Å². The van der Waals surface area contributed by atoms with Gasteiger partial charge in [0.25, 0.3) is 0 Å². The lowest BCUT2D eigenvalue weighted by Crippen LogP contribution is -2.29. The first-order valence-corrected chi connectivity index (χ1v) is 7.63. The Morgan fingerprint density at radius 2 is 1.60 bits per heavy atom. The van der Waals surface area contributed by atoms with Crippen LogP contribution in [0.5, 0.6) is 0 Å². The molecule has 2 rings (SSSR count). The van der Waals surface area contributed by atoms with E-state index in [1.165, 1.54) is 27.4 Å². The van der Waals surface area contributed by atoms with E-state index in [0.717, 1.165) is 5.22 Å². The van der Waals surface area contributed by atoms with Crippen molar-refractivity contribution in [1.82, 2.24) is 0 Å².